The third-order valence-corrected chi connectivity index (χ3v) is 5.03. The van der Waals surface area contributed by atoms with E-state index in [-0.39, 0.29) is 5.91 Å². The van der Waals surface area contributed by atoms with Crippen molar-refractivity contribution in [1.29, 1.82) is 0 Å². The molecule has 0 spiro atoms. The molecule has 0 N–H and O–H groups in total. The number of pyridine rings is 2. The van der Waals surface area contributed by atoms with Crippen LogP contribution in [0.3, 0.4) is 0 Å². The standard InChI is InChI=1S/C21H28N4O2/c1-3-24(14-17-8-10-22-11-9-17)20-7-6-19(13-23-20)21(26)25-12-4-5-18(15-25)16-27-2/h6-11,13,18H,3-5,12,14-16H2,1-2H3. The number of rotatable bonds is 7. The van der Waals surface area contributed by atoms with E-state index in [9.17, 15) is 4.79 Å². The Kier molecular flexibility index (Phi) is 6.76. The van der Waals surface area contributed by atoms with Crippen molar-refractivity contribution >= 4 is 11.7 Å². The molecular weight excluding hydrogens is 340 g/mol. The predicted octanol–water partition coefficient (Wildman–Crippen LogP) is 3.00. The molecule has 1 atom stereocenters. The molecule has 6 heteroatoms. The molecule has 1 saturated heterocycles. The zero-order chi connectivity index (χ0) is 19.1. The van der Waals surface area contributed by atoms with Gasteiger partial charge in [-0.2, -0.15) is 0 Å². The molecule has 2 aromatic rings. The zero-order valence-corrected chi connectivity index (χ0v) is 16.2. The summed E-state index contributed by atoms with van der Waals surface area (Å²) in [6.45, 7) is 5.99. The Bertz CT molecular complexity index is 719. The van der Waals surface area contributed by atoms with Crippen LogP contribution in [-0.2, 0) is 11.3 Å². The molecule has 6 nitrogen and oxygen atoms in total. The zero-order valence-electron chi connectivity index (χ0n) is 16.2. The Morgan fingerprint density at radius 2 is 2.11 bits per heavy atom. The number of piperidine rings is 1. The summed E-state index contributed by atoms with van der Waals surface area (Å²) in [4.78, 5) is 25.5. The largest absolute Gasteiger partial charge is 0.384 e. The quantitative estimate of drug-likeness (QED) is 0.752. The van der Waals surface area contributed by atoms with Crippen molar-refractivity contribution in [2.75, 3.05) is 38.3 Å². The summed E-state index contributed by atoms with van der Waals surface area (Å²) in [5, 5.41) is 0. The van der Waals surface area contributed by atoms with Crippen molar-refractivity contribution in [3.8, 4) is 0 Å². The van der Waals surface area contributed by atoms with Crippen molar-refractivity contribution in [3.63, 3.8) is 0 Å². The highest BCUT2D eigenvalue weighted by atomic mass is 16.5. The predicted molar refractivity (Wildman–Crippen MR) is 106 cm³/mol. The number of ether oxygens (including phenoxy) is 1. The van der Waals surface area contributed by atoms with Crippen LogP contribution in [0.15, 0.2) is 42.9 Å². The number of aromatic nitrogens is 2. The molecule has 1 amide bonds. The van der Waals surface area contributed by atoms with Gasteiger partial charge in [0, 0.05) is 51.9 Å². The maximum atomic E-state index is 12.8. The summed E-state index contributed by atoms with van der Waals surface area (Å²) >= 11 is 0. The molecule has 0 aromatic carbocycles. The van der Waals surface area contributed by atoms with Crippen molar-refractivity contribution < 1.29 is 9.53 Å². The lowest BCUT2D eigenvalue weighted by Gasteiger charge is -2.32. The van der Waals surface area contributed by atoms with Gasteiger partial charge in [-0.3, -0.25) is 9.78 Å². The summed E-state index contributed by atoms with van der Waals surface area (Å²) in [6.07, 6.45) is 7.45. The van der Waals surface area contributed by atoms with E-state index in [4.69, 9.17) is 4.74 Å². The summed E-state index contributed by atoms with van der Waals surface area (Å²) in [6, 6.07) is 7.84. The molecule has 1 aliphatic heterocycles. The van der Waals surface area contributed by atoms with Gasteiger partial charge in [-0.05, 0) is 55.5 Å². The fourth-order valence-corrected chi connectivity index (χ4v) is 3.57. The third kappa shape index (κ3) is 5.04. The Labute approximate surface area is 161 Å². The van der Waals surface area contributed by atoms with E-state index < -0.39 is 0 Å². The summed E-state index contributed by atoms with van der Waals surface area (Å²) < 4.78 is 5.26. The molecule has 0 saturated carbocycles. The maximum absolute atomic E-state index is 12.8. The van der Waals surface area contributed by atoms with Gasteiger partial charge in [-0.15, -0.1) is 0 Å². The smallest absolute Gasteiger partial charge is 0.255 e. The fourth-order valence-electron chi connectivity index (χ4n) is 3.57. The van der Waals surface area contributed by atoms with Crippen LogP contribution in [0.1, 0.15) is 35.7 Å². The van der Waals surface area contributed by atoms with Crippen LogP contribution in [0.5, 0.6) is 0 Å². The maximum Gasteiger partial charge on any atom is 0.255 e. The van der Waals surface area contributed by atoms with Gasteiger partial charge in [0.15, 0.2) is 0 Å². The molecule has 1 aliphatic rings. The van der Waals surface area contributed by atoms with E-state index >= 15 is 0 Å². The molecule has 1 fully saturated rings. The number of carbonyl (C=O) groups is 1. The van der Waals surface area contributed by atoms with Crippen LogP contribution in [0.4, 0.5) is 5.82 Å². The minimum atomic E-state index is 0.0621. The second-order valence-corrected chi connectivity index (χ2v) is 6.99. The summed E-state index contributed by atoms with van der Waals surface area (Å²) in [7, 11) is 1.72. The van der Waals surface area contributed by atoms with Crippen LogP contribution in [0.25, 0.3) is 0 Å². The monoisotopic (exact) mass is 368 g/mol. The van der Waals surface area contributed by atoms with Crippen molar-refractivity contribution in [1.82, 2.24) is 14.9 Å². The van der Waals surface area contributed by atoms with Gasteiger partial charge in [-0.25, -0.2) is 4.98 Å². The molecule has 144 valence electrons. The van der Waals surface area contributed by atoms with Crippen LogP contribution in [0, 0.1) is 5.92 Å². The van der Waals surface area contributed by atoms with Crippen molar-refractivity contribution in [2.45, 2.75) is 26.3 Å². The first-order valence-electron chi connectivity index (χ1n) is 9.59. The van der Waals surface area contributed by atoms with E-state index in [2.05, 4.69) is 21.8 Å². The summed E-state index contributed by atoms with van der Waals surface area (Å²) in [5.74, 6) is 1.37. The van der Waals surface area contributed by atoms with E-state index in [0.29, 0.717) is 18.1 Å². The Hall–Kier alpha value is -2.47. The number of anilines is 1. The van der Waals surface area contributed by atoms with Crippen LogP contribution in [-0.4, -0.2) is 54.1 Å². The SMILES string of the molecule is CCN(Cc1ccncc1)c1ccc(C(=O)N2CCCC(COC)C2)cn1. The van der Waals surface area contributed by atoms with E-state index in [1.165, 1.54) is 5.56 Å². The number of hydrogen-bond donors (Lipinski definition) is 0. The molecule has 3 rings (SSSR count). The molecular formula is C21H28N4O2. The van der Waals surface area contributed by atoms with Crippen LogP contribution in [0.2, 0.25) is 0 Å². The third-order valence-electron chi connectivity index (χ3n) is 5.03. The number of hydrogen-bond acceptors (Lipinski definition) is 5. The van der Waals surface area contributed by atoms with Gasteiger partial charge < -0.3 is 14.5 Å². The Morgan fingerprint density at radius 1 is 1.30 bits per heavy atom. The lowest BCUT2D eigenvalue weighted by molar-refractivity contribution is 0.0570. The van der Waals surface area contributed by atoms with Gasteiger partial charge >= 0.3 is 0 Å². The van der Waals surface area contributed by atoms with Crippen LogP contribution >= 0.6 is 0 Å². The molecule has 0 bridgehead atoms. The normalized spacial score (nSPS) is 17.0. The number of amides is 1. The molecule has 1 unspecified atom stereocenters. The average Bonchev–Trinajstić information content (AvgIpc) is 2.73. The number of carbonyl (C=O) groups excluding carboxylic acids is 1. The number of likely N-dealkylation sites (tertiary alicyclic amines) is 1. The first-order valence-corrected chi connectivity index (χ1v) is 9.59. The van der Waals surface area contributed by atoms with Gasteiger partial charge in [0.05, 0.1) is 12.2 Å². The van der Waals surface area contributed by atoms with E-state index in [1.807, 2.05) is 29.2 Å². The number of nitrogens with zero attached hydrogens (tertiary/aromatic N) is 4. The Balaban J connectivity index is 1.66. The van der Waals surface area contributed by atoms with Crippen molar-refractivity contribution in [3.05, 3.63) is 54.0 Å². The molecule has 0 radical (unpaired) electrons. The molecule has 2 aromatic heterocycles. The average molecular weight is 368 g/mol. The van der Waals surface area contributed by atoms with Gasteiger partial charge in [0.2, 0.25) is 0 Å². The fraction of sp³-hybridized carbons (Fsp3) is 0.476. The van der Waals surface area contributed by atoms with E-state index in [1.54, 1.807) is 25.7 Å². The highest BCUT2D eigenvalue weighted by Gasteiger charge is 2.24. The van der Waals surface area contributed by atoms with Gasteiger partial charge in [0.25, 0.3) is 5.91 Å². The second-order valence-electron chi connectivity index (χ2n) is 6.99. The summed E-state index contributed by atoms with van der Waals surface area (Å²) in [5.41, 5.74) is 1.84. The first-order chi connectivity index (χ1) is 13.2. The molecule has 0 aliphatic carbocycles. The molecule has 3 heterocycles. The second kappa shape index (κ2) is 9.46. The highest BCUT2D eigenvalue weighted by molar-refractivity contribution is 5.94. The minimum absolute atomic E-state index is 0.0621. The van der Waals surface area contributed by atoms with Gasteiger partial charge in [0.1, 0.15) is 5.82 Å². The first kappa shape index (κ1) is 19.3. The lowest BCUT2D eigenvalue weighted by Crippen LogP contribution is -2.41. The topological polar surface area (TPSA) is 58.6 Å². The van der Waals surface area contributed by atoms with Gasteiger partial charge in [-0.1, -0.05) is 0 Å². The van der Waals surface area contributed by atoms with Crippen LogP contribution < -0.4 is 4.90 Å². The Morgan fingerprint density at radius 3 is 2.78 bits per heavy atom. The van der Waals surface area contributed by atoms with E-state index in [0.717, 1.165) is 44.8 Å². The van der Waals surface area contributed by atoms with Crippen molar-refractivity contribution in [2.24, 2.45) is 5.92 Å². The number of methoxy groups -OCH3 is 1. The molecule has 27 heavy (non-hydrogen) atoms. The highest BCUT2D eigenvalue weighted by Crippen LogP contribution is 2.20. The minimum Gasteiger partial charge on any atom is -0.384 e. The lowest BCUT2D eigenvalue weighted by atomic mass is 9.98.